The van der Waals surface area contributed by atoms with E-state index in [1.165, 1.54) is 12.1 Å². The van der Waals surface area contributed by atoms with Gasteiger partial charge in [-0.15, -0.1) is 0 Å². The summed E-state index contributed by atoms with van der Waals surface area (Å²) in [6.45, 7) is 2.25. The van der Waals surface area contributed by atoms with Gasteiger partial charge in [-0.05, 0) is 19.1 Å². The van der Waals surface area contributed by atoms with Crippen LogP contribution in [0.1, 0.15) is 23.6 Å². The summed E-state index contributed by atoms with van der Waals surface area (Å²) in [6.07, 6.45) is 0. The highest BCUT2D eigenvalue weighted by Gasteiger charge is 2.10. The largest absolute Gasteiger partial charge is 0.494 e. The smallest absolute Gasteiger partial charge is 0.122 e. The SMILES string of the molecule is CCOc1cc(C#N)c(C#N)c(C#N)c1. The van der Waals surface area contributed by atoms with E-state index in [0.717, 1.165) is 0 Å². The van der Waals surface area contributed by atoms with Crippen LogP contribution in [-0.2, 0) is 0 Å². The van der Waals surface area contributed by atoms with E-state index >= 15 is 0 Å². The molecule has 0 aliphatic rings. The second kappa shape index (κ2) is 4.65. The highest BCUT2D eigenvalue weighted by atomic mass is 16.5. The molecule has 0 saturated carbocycles. The summed E-state index contributed by atoms with van der Waals surface area (Å²) in [6, 6.07) is 8.49. The number of nitrogens with zero attached hydrogens (tertiary/aromatic N) is 3. The lowest BCUT2D eigenvalue weighted by molar-refractivity contribution is 0.340. The minimum atomic E-state index is 0.100. The highest BCUT2D eigenvalue weighted by Crippen LogP contribution is 2.21. The van der Waals surface area contributed by atoms with Crippen LogP contribution < -0.4 is 4.74 Å². The third kappa shape index (κ3) is 2.05. The number of ether oxygens (including phenoxy) is 1. The first-order chi connectivity index (χ1) is 7.26. The van der Waals surface area contributed by atoms with E-state index in [1.807, 2.05) is 18.2 Å². The van der Waals surface area contributed by atoms with E-state index in [1.54, 1.807) is 6.92 Å². The first-order valence-electron chi connectivity index (χ1n) is 4.28. The molecule has 0 aliphatic carbocycles. The van der Waals surface area contributed by atoms with E-state index in [9.17, 15) is 0 Å². The summed E-state index contributed by atoms with van der Waals surface area (Å²) < 4.78 is 5.18. The Morgan fingerprint density at radius 1 is 1.07 bits per heavy atom. The van der Waals surface area contributed by atoms with Gasteiger partial charge in [0.25, 0.3) is 0 Å². The normalized spacial score (nSPS) is 8.40. The van der Waals surface area contributed by atoms with Gasteiger partial charge in [-0.25, -0.2) is 0 Å². The van der Waals surface area contributed by atoms with Crippen LogP contribution in [0.25, 0.3) is 0 Å². The molecule has 0 aliphatic heterocycles. The predicted octanol–water partition coefficient (Wildman–Crippen LogP) is 1.70. The summed E-state index contributed by atoms with van der Waals surface area (Å²) in [7, 11) is 0. The number of rotatable bonds is 2. The molecule has 0 amide bonds. The average Bonchev–Trinajstić information content (AvgIpc) is 2.28. The van der Waals surface area contributed by atoms with Gasteiger partial charge in [-0.1, -0.05) is 0 Å². The molecule has 0 unspecified atom stereocenters. The van der Waals surface area contributed by atoms with Crippen molar-refractivity contribution in [1.82, 2.24) is 0 Å². The van der Waals surface area contributed by atoms with Gasteiger partial charge in [-0.3, -0.25) is 0 Å². The zero-order valence-corrected chi connectivity index (χ0v) is 8.11. The van der Waals surface area contributed by atoms with Crippen molar-refractivity contribution in [1.29, 1.82) is 15.8 Å². The highest BCUT2D eigenvalue weighted by molar-refractivity contribution is 5.58. The summed E-state index contributed by atoms with van der Waals surface area (Å²) in [5.41, 5.74) is 0.434. The average molecular weight is 197 g/mol. The van der Waals surface area contributed by atoms with E-state index in [2.05, 4.69) is 0 Å². The van der Waals surface area contributed by atoms with Crippen molar-refractivity contribution < 1.29 is 4.74 Å². The lowest BCUT2D eigenvalue weighted by Crippen LogP contribution is -1.96. The fraction of sp³-hybridized carbons (Fsp3) is 0.182. The van der Waals surface area contributed by atoms with Crippen LogP contribution in [0, 0.1) is 34.0 Å². The minimum absolute atomic E-state index is 0.100. The number of nitriles is 3. The molecule has 0 saturated heterocycles. The van der Waals surface area contributed by atoms with E-state index in [-0.39, 0.29) is 16.7 Å². The predicted molar refractivity (Wildman–Crippen MR) is 51.8 cm³/mol. The molecule has 0 heterocycles. The monoisotopic (exact) mass is 197 g/mol. The number of benzene rings is 1. The topological polar surface area (TPSA) is 80.6 Å². The van der Waals surface area contributed by atoms with Crippen molar-refractivity contribution in [2.75, 3.05) is 6.61 Å². The van der Waals surface area contributed by atoms with Gasteiger partial charge in [0.2, 0.25) is 0 Å². The molecule has 0 spiro atoms. The third-order valence-electron chi connectivity index (χ3n) is 1.78. The number of hydrogen-bond donors (Lipinski definition) is 0. The second-order valence-corrected chi connectivity index (χ2v) is 2.66. The maximum absolute atomic E-state index is 8.80. The molecule has 4 nitrogen and oxygen atoms in total. The molecule has 0 aromatic heterocycles. The van der Waals surface area contributed by atoms with Gasteiger partial charge >= 0.3 is 0 Å². The molecule has 4 heteroatoms. The molecule has 15 heavy (non-hydrogen) atoms. The third-order valence-corrected chi connectivity index (χ3v) is 1.78. The fourth-order valence-corrected chi connectivity index (χ4v) is 1.16. The Balaban J connectivity index is 3.41. The van der Waals surface area contributed by atoms with Crippen LogP contribution in [0.15, 0.2) is 12.1 Å². The van der Waals surface area contributed by atoms with Crippen LogP contribution in [0.4, 0.5) is 0 Å². The van der Waals surface area contributed by atoms with Crippen LogP contribution in [0.2, 0.25) is 0 Å². The quantitative estimate of drug-likeness (QED) is 0.722. The van der Waals surface area contributed by atoms with Crippen molar-refractivity contribution >= 4 is 0 Å². The molecule has 1 rings (SSSR count). The minimum Gasteiger partial charge on any atom is -0.494 e. The summed E-state index contributed by atoms with van der Waals surface area (Å²) in [5, 5.41) is 26.4. The van der Waals surface area contributed by atoms with Gasteiger partial charge in [0.1, 0.15) is 24.0 Å². The standard InChI is InChI=1S/C11H7N3O/c1-2-15-10-3-8(5-12)11(7-14)9(4-10)6-13/h3-4H,2H2,1H3. The Morgan fingerprint density at radius 3 is 1.93 bits per heavy atom. The lowest BCUT2D eigenvalue weighted by Gasteiger charge is -2.05. The molecule has 0 N–H and O–H groups in total. The van der Waals surface area contributed by atoms with Crippen molar-refractivity contribution in [2.24, 2.45) is 0 Å². The first kappa shape index (κ1) is 10.6. The van der Waals surface area contributed by atoms with Gasteiger partial charge in [0.15, 0.2) is 0 Å². The maximum atomic E-state index is 8.80. The zero-order chi connectivity index (χ0) is 11.3. The van der Waals surface area contributed by atoms with Gasteiger partial charge in [0.05, 0.1) is 23.3 Å². The first-order valence-corrected chi connectivity index (χ1v) is 4.28. The van der Waals surface area contributed by atoms with E-state index in [4.69, 9.17) is 20.5 Å². The van der Waals surface area contributed by atoms with Crippen molar-refractivity contribution in [3.05, 3.63) is 28.8 Å². The van der Waals surface area contributed by atoms with Crippen molar-refractivity contribution in [2.45, 2.75) is 6.92 Å². The van der Waals surface area contributed by atoms with Crippen LogP contribution in [0.5, 0.6) is 5.75 Å². The Hall–Kier alpha value is -2.51. The molecule has 0 atom stereocenters. The van der Waals surface area contributed by atoms with Crippen molar-refractivity contribution in [3.63, 3.8) is 0 Å². The fourth-order valence-electron chi connectivity index (χ4n) is 1.16. The van der Waals surface area contributed by atoms with E-state index in [0.29, 0.717) is 12.4 Å². The second-order valence-electron chi connectivity index (χ2n) is 2.66. The Bertz CT molecular complexity index is 465. The van der Waals surface area contributed by atoms with Crippen LogP contribution in [-0.4, -0.2) is 6.61 Å². The number of hydrogen-bond acceptors (Lipinski definition) is 4. The molecule has 1 aromatic rings. The van der Waals surface area contributed by atoms with Crippen LogP contribution >= 0.6 is 0 Å². The van der Waals surface area contributed by atoms with Gasteiger partial charge < -0.3 is 4.74 Å². The van der Waals surface area contributed by atoms with Gasteiger partial charge in [0, 0.05) is 0 Å². The summed E-state index contributed by atoms with van der Waals surface area (Å²) in [4.78, 5) is 0. The molecule has 1 aromatic carbocycles. The van der Waals surface area contributed by atoms with E-state index < -0.39 is 0 Å². The molecule has 0 fully saturated rings. The van der Waals surface area contributed by atoms with Crippen LogP contribution in [0.3, 0.4) is 0 Å². The van der Waals surface area contributed by atoms with Gasteiger partial charge in [-0.2, -0.15) is 15.8 Å². The molecular weight excluding hydrogens is 190 g/mol. The van der Waals surface area contributed by atoms with Crippen molar-refractivity contribution in [3.8, 4) is 24.0 Å². The molecule has 0 bridgehead atoms. The Morgan fingerprint density at radius 2 is 1.60 bits per heavy atom. The maximum Gasteiger partial charge on any atom is 0.122 e. The molecule has 72 valence electrons. The Kier molecular flexibility index (Phi) is 3.28. The Labute approximate surface area is 87.5 Å². The molecule has 0 radical (unpaired) electrons. The molecular formula is C11H7N3O. The summed E-state index contributed by atoms with van der Waals surface area (Å²) >= 11 is 0. The summed E-state index contributed by atoms with van der Waals surface area (Å²) in [5.74, 6) is 0.435. The lowest BCUT2D eigenvalue weighted by atomic mass is 10.0. The zero-order valence-electron chi connectivity index (χ0n) is 8.11.